The van der Waals surface area contributed by atoms with Gasteiger partial charge in [0.15, 0.2) is 13.6 Å². The molecule has 0 spiro atoms. The SMILES string of the molecule is C=CC(=O)OCOC(C)CCCC(CC)CCCC(C)OCOC(=O)C=C. The monoisotopic (exact) mass is 384 g/mol. The van der Waals surface area contributed by atoms with E-state index >= 15 is 0 Å². The zero-order chi connectivity index (χ0) is 20.5. The van der Waals surface area contributed by atoms with E-state index in [1.54, 1.807) is 0 Å². The van der Waals surface area contributed by atoms with Gasteiger partial charge in [0, 0.05) is 12.2 Å². The molecule has 0 aliphatic heterocycles. The summed E-state index contributed by atoms with van der Waals surface area (Å²) >= 11 is 0. The van der Waals surface area contributed by atoms with E-state index in [1.807, 2.05) is 13.8 Å². The molecule has 0 fully saturated rings. The number of ether oxygens (including phenoxy) is 4. The van der Waals surface area contributed by atoms with Gasteiger partial charge in [-0.25, -0.2) is 9.59 Å². The first kappa shape index (κ1) is 25.3. The summed E-state index contributed by atoms with van der Waals surface area (Å²) in [5.74, 6) is -0.253. The van der Waals surface area contributed by atoms with Crippen LogP contribution in [0.2, 0.25) is 0 Å². The predicted octanol–water partition coefficient (Wildman–Crippen LogP) is 4.54. The highest BCUT2D eigenvalue weighted by atomic mass is 16.7. The third-order valence-electron chi connectivity index (χ3n) is 4.46. The lowest BCUT2D eigenvalue weighted by Gasteiger charge is -2.18. The lowest BCUT2D eigenvalue weighted by molar-refractivity contribution is -0.155. The molecule has 0 aliphatic carbocycles. The number of rotatable bonds is 17. The van der Waals surface area contributed by atoms with Gasteiger partial charge in [-0.1, -0.05) is 52.2 Å². The van der Waals surface area contributed by atoms with E-state index < -0.39 is 11.9 Å². The fraction of sp³-hybridized carbons (Fsp3) is 0.714. The molecule has 0 aromatic heterocycles. The highest BCUT2D eigenvalue weighted by Crippen LogP contribution is 2.21. The third kappa shape index (κ3) is 15.1. The van der Waals surface area contributed by atoms with Crippen molar-refractivity contribution in [3.63, 3.8) is 0 Å². The van der Waals surface area contributed by atoms with Crippen LogP contribution in [0.25, 0.3) is 0 Å². The van der Waals surface area contributed by atoms with Crippen molar-refractivity contribution in [1.82, 2.24) is 0 Å². The highest BCUT2D eigenvalue weighted by Gasteiger charge is 2.11. The Morgan fingerprint density at radius 3 is 1.56 bits per heavy atom. The number of carbonyl (C=O) groups is 2. The molecule has 6 heteroatoms. The summed E-state index contributed by atoms with van der Waals surface area (Å²) in [6.07, 6.45) is 9.88. The van der Waals surface area contributed by atoms with Crippen LogP contribution in [0.3, 0.4) is 0 Å². The zero-order valence-corrected chi connectivity index (χ0v) is 17.1. The van der Waals surface area contributed by atoms with Crippen molar-refractivity contribution < 1.29 is 28.5 Å². The second-order valence-corrected chi connectivity index (χ2v) is 6.66. The molecule has 0 aromatic carbocycles. The number of hydrogen-bond donors (Lipinski definition) is 0. The van der Waals surface area contributed by atoms with Gasteiger partial charge in [0.25, 0.3) is 0 Å². The Balaban J connectivity index is 3.76. The molecular weight excluding hydrogens is 348 g/mol. The molecule has 0 saturated carbocycles. The summed E-state index contributed by atoms with van der Waals surface area (Å²) in [5, 5.41) is 0. The summed E-state index contributed by atoms with van der Waals surface area (Å²) in [4.78, 5) is 21.9. The standard InChI is InChI=1S/C21H36O6/c1-6-19(13-9-11-17(4)24-15-26-20(22)7-2)14-10-12-18(5)25-16-27-21(23)8-3/h7-8,17-19H,2-3,6,9-16H2,1,4-5H3. The van der Waals surface area contributed by atoms with E-state index in [0.717, 1.165) is 57.1 Å². The highest BCUT2D eigenvalue weighted by molar-refractivity contribution is 5.81. The molecule has 2 unspecified atom stereocenters. The Morgan fingerprint density at radius 1 is 0.815 bits per heavy atom. The molecular formula is C21H36O6. The van der Waals surface area contributed by atoms with Gasteiger partial charge >= 0.3 is 11.9 Å². The van der Waals surface area contributed by atoms with Crippen molar-refractivity contribution in [2.24, 2.45) is 5.92 Å². The van der Waals surface area contributed by atoms with Crippen LogP contribution in [0.1, 0.15) is 65.7 Å². The van der Waals surface area contributed by atoms with Crippen molar-refractivity contribution in [3.8, 4) is 0 Å². The summed E-state index contributed by atoms with van der Waals surface area (Å²) in [5.41, 5.74) is 0. The Bertz CT molecular complexity index is 396. The molecule has 27 heavy (non-hydrogen) atoms. The fourth-order valence-electron chi connectivity index (χ4n) is 2.64. The van der Waals surface area contributed by atoms with Gasteiger partial charge < -0.3 is 18.9 Å². The van der Waals surface area contributed by atoms with E-state index in [9.17, 15) is 9.59 Å². The Kier molecular flexibility index (Phi) is 15.5. The number of esters is 2. The van der Waals surface area contributed by atoms with Crippen LogP contribution in [0.5, 0.6) is 0 Å². The van der Waals surface area contributed by atoms with E-state index in [-0.39, 0.29) is 25.8 Å². The molecule has 0 saturated heterocycles. The maximum absolute atomic E-state index is 10.9. The van der Waals surface area contributed by atoms with Gasteiger partial charge in [-0.15, -0.1) is 0 Å². The van der Waals surface area contributed by atoms with E-state index in [2.05, 4.69) is 20.1 Å². The van der Waals surface area contributed by atoms with Crippen molar-refractivity contribution >= 4 is 11.9 Å². The fourth-order valence-corrected chi connectivity index (χ4v) is 2.64. The van der Waals surface area contributed by atoms with E-state index in [0.29, 0.717) is 5.92 Å². The van der Waals surface area contributed by atoms with Gasteiger partial charge in [0.2, 0.25) is 0 Å². The third-order valence-corrected chi connectivity index (χ3v) is 4.46. The Hall–Kier alpha value is -1.66. The van der Waals surface area contributed by atoms with Crippen LogP contribution in [-0.2, 0) is 28.5 Å². The summed E-state index contributed by atoms with van der Waals surface area (Å²) in [6, 6.07) is 0. The molecule has 0 aliphatic rings. The lowest BCUT2D eigenvalue weighted by Crippen LogP contribution is -2.14. The second kappa shape index (κ2) is 16.5. The molecule has 0 radical (unpaired) electrons. The minimum absolute atomic E-state index is 0.0246. The van der Waals surface area contributed by atoms with Crippen molar-refractivity contribution in [1.29, 1.82) is 0 Å². The normalized spacial score (nSPS) is 14.0. The minimum Gasteiger partial charge on any atom is -0.435 e. The molecule has 0 amide bonds. The van der Waals surface area contributed by atoms with Crippen LogP contribution in [-0.4, -0.2) is 37.7 Å². The maximum Gasteiger partial charge on any atom is 0.332 e. The Morgan fingerprint density at radius 2 is 1.22 bits per heavy atom. The molecule has 0 aromatic rings. The smallest absolute Gasteiger partial charge is 0.332 e. The van der Waals surface area contributed by atoms with Gasteiger partial charge in [-0.2, -0.15) is 0 Å². The molecule has 2 atom stereocenters. The van der Waals surface area contributed by atoms with E-state index in [4.69, 9.17) is 18.9 Å². The summed E-state index contributed by atoms with van der Waals surface area (Å²) < 4.78 is 20.5. The average Bonchev–Trinajstić information content (AvgIpc) is 2.66. The Labute approximate surface area is 163 Å². The van der Waals surface area contributed by atoms with Gasteiger partial charge in [-0.3, -0.25) is 0 Å². The molecule has 6 nitrogen and oxygen atoms in total. The quantitative estimate of drug-likeness (QED) is 0.208. The topological polar surface area (TPSA) is 71.1 Å². The first-order valence-corrected chi connectivity index (χ1v) is 9.74. The first-order chi connectivity index (χ1) is 12.9. The molecule has 0 N–H and O–H groups in total. The maximum atomic E-state index is 10.9. The van der Waals surface area contributed by atoms with Gasteiger partial charge in [0.1, 0.15) is 0 Å². The van der Waals surface area contributed by atoms with Gasteiger partial charge in [-0.05, 0) is 32.6 Å². The number of hydrogen-bond acceptors (Lipinski definition) is 6. The lowest BCUT2D eigenvalue weighted by atomic mass is 9.92. The van der Waals surface area contributed by atoms with E-state index in [1.165, 1.54) is 0 Å². The molecule has 0 rings (SSSR count). The van der Waals surface area contributed by atoms with Crippen molar-refractivity contribution in [2.45, 2.75) is 77.9 Å². The van der Waals surface area contributed by atoms with Gasteiger partial charge in [0.05, 0.1) is 12.2 Å². The van der Waals surface area contributed by atoms with Crippen LogP contribution >= 0.6 is 0 Å². The van der Waals surface area contributed by atoms with Crippen LogP contribution in [0.15, 0.2) is 25.3 Å². The molecule has 0 bridgehead atoms. The summed E-state index contributed by atoms with van der Waals surface area (Å²) in [6.45, 7) is 12.8. The average molecular weight is 385 g/mol. The molecule has 0 heterocycles. The van der Waals surface area contributed by atoms with Crippen LogP contribution in [0.4, 0.5) is 0 Å². The minimum atomic E-state index is -0.467. The molecule has 156 valence electrons. The second-order valence-electron chi connectivity index (χ2n) is 6.66. The van der Waals surface area contributed by atoms with Crippen molar-refractivity contribution in [3.05, 3.63) is 25.3 Å². The van der Waals surface area contributed by atoms with Crippen LogP contribution in [0, 0.1) is 5.92 Å². The summed E-state index contributed by atoms with van der Waals surface area (Å²) in [7, 11) is 0. The number of carbonyl (C=O) groups excluding carboxylic acids is 2. The van der Waals surface area contributed by atoms with Crippen LogP contribution < -0.4 is 0 Å². The zero-order valence-electron chi connectivity index (χ0n) is 17.1. The van der Waals surface area contributed by atoms with Crippen molar-refractivity contribution in [2.75, 3.05) is 13.6 Å². The largest absolute Gasteiger partial charge is 0.435 e. The first-order valence-electron chi connectivity index (χ1n) is 9.74. The predicted molar refractivity (Wildman–Crippen MR) is 105 cm³/mol.